The fraction of sp³-hybridized carbons (Fsp3) is 0.435. The SMILES string of the molecule is CCNC(=NCC(=O)N(C)CCc1ccccn1)NCC1(c2ccccc2)CC1.I. The molecule has 0 atom stereocenters. The van der Waals surface area contributed by atoms with Crippen LogP contribution in [-0.4, -0.2) is 55.0 Å². The Morgan fingerprint density at radius 1 is 1.13 bits per heavy atom. The average molecular weight is 521 g/mol. The molecule has 2 N–H and O–H groups in total. The van der Waals surface area contributed by atoms with Crippen molar-refractivity contribution in [2.24, 2.45) is 4.99 Å². The van der Waals surface area contributed by atoms with Crippen LogP contribution in [0, 0.1) is 0 Å². The molecular weight excluding hydrogens is 489 g/mol. The molecule has 1 heterocycles. The first-order valence-electron chi connectivity index (χ1n) is 10.3. The minimum absolute atomic E-state index is 0. The van der Waals surface area contributed by atoms with Crippen molar-refractivity contribution < 1.29 is 4.79 Å². The number of aromatic nitrogens is 1. The maximum Gasteiger partial charge on any atom is 0.244 e. The van der Waals surface area contributed by atoms with E-state index < -0.39 is 0 Å². The minimum Gasteiger partial charge on any atom is -0.357 e. The number of halogens is 1. The molecule has 1 aromatic carbocycles. The molecule has 0 unspecified atom stereocenters. The second kappa shape index (κ2) is 11.9. The predicted molar refractivity (Wildman–Crippen MR) is 132 cm³/mol. The van der Waals surface area contributed by atoms with Gasteiger partial charge in [0.05, 0.1) is 0 Å². The molecule has 1 fully saturated rings. The van der Waals surface area contributed by atoms with Gasteiger partial charge in [-0.25, -0.2) is 4.99 Å². The zero-order valence-corrected chi connectivity index (χ0v) is 20.1. The number of nitrogens with one attached hydrogen (secondary N) is 2. The van der Waals surface area contributed by atoms with E-state index in [0.717, 1.165) is 25.2 Å². The van der Waals surface area contributed by atoms with Gasteiger partial charge in [-0.1, -0.05) is 36.4 Å². The highest BCUT2D eigenvalue weighted by Crippen LogP contribution is 2.47. The van der Waals surface area contributed by atoms with Gasteiger partial charge < -0.3 is 15.5 Å². The number of hydrogen-bond acceptors (Lipinski definition) is 3. The van der Waals surface area contributed by atoms with Gasteiger partial charge in [0, 0.05) is 50.4 Å². The molecule has 0 aliphatic heterocycles. The highest BCUT2D eigenvalue weighted by molar-refractivity contribution is 14.0. The second-order valence-corrected chi connectivity index (χ2v) is 7.58. The summed E-state index contributed by atoms with van der Waals surface area (Å²) in [7, 11) is 1.82. The second-order valence-electron chi connectivity index (χ2n) is 7.58. The normalized spacial score (nSPS) is 14.4. The quantitative estimate of drug-likeness (QED) is 0.303. The fourth-order valence-corrected chi connectivity index (χ4v) is 3.33. The number of guanidine groups is 1. The minimum atomic E-state index is 0. The van der Waals surface area contributed by atoms with Crippen molar-refractivity contribution in [3.8, 4) is 0 Å². The third-order valence-corrected chi connectivity index (χ3v) is 5.41. The van der Waals surface area contributed by atoms with Crippen LogP contribution in [0.3, 0.4) is 0 Å². The molecule has 0 saturated heterocycles. The molecule has 30 heavy (non-hydrogen) atoms. The first kappa shape index (κ1) is 24.1. The summed E-state index contributed by atoms with van der Waals surface area (Å²) in [6.45, 7) is 4.38. The lowest BCUT2D eigenvalue weighted by Crippen LogP contribution is -2.42. The molecule has 1 saturated carbocycles. The van der Waals surface area contributed by atoms with Crippen LogP contribution in [0.2, 0.25) is 0 Å². The van der Waals surface area contributed by atoms with E-state index in [0.29, 0.717) is 12.5 Å². The van der Waals surface area contributed by atoms with Gasteiger partial charge in [-0.2, -0.15) is 0 Å². The molecule has 1 amide bonds. The van der Waals surface area contributed by atoms with Crippen LogP contribution in [0.4, 0.5) is 0 Å². The number of likely N-dealkylation sites (N-methyl/N-ethyl adjacent to an activating group) is 1. The standard InChI is InChI=1S/C23H31N5O.HI/c1-3-24-22(27-18-23(13-14-23)19-9-5-4-6-10-19)26-17-21(29)28(2)16-12-20-11-7-8-15-25-20;/h4-11,15H,3,12-14,16-18H2,1-2H3,(H2,24,26,27);1H. The molecule has 0 spiro atoms. The first-order valence-corrected chi connectivity index (χ1v) is 10.3. The van der Waals surface area contributed by atoms with E-state index in [1.54, 1.807) is 11.1 Å². The van der Waals surface area contributed by atoms with E-state index in [1.165, 1.54) is 18.4 Å². The van der Waals surface area contributed by atoms with Gasteiger partial charge in [0.1, 0.15) is 6.54 Å². The third kappa shape index (κ3) is 6.97. The fourth-order valence-electron chi connectivity index (χ4n) is 3.33. The Morgan fingerprint density at radius 3 is 2.50 bits per heavy atom. The lowest BCUT2D eigenvalue weighted by atomic mass is 9.96. The zero-order chi connectivity index (χ0) is 20.5. The summed E-state index contributed by atoms with van der Waals surface area (Å²) < 4.78 is 0. The number of aliphatic imine (C=N–C) groups is 1. The van der Waals surface area contributed by atoms with Crippen LogP contribution >= 0.6 is 24.0 Å². The molecule has 1 aliphatic rings. The Balaban J connectivity index is 0.00000320. The maximum atomic E-state index is 12.5. The number of carbonyl (C=O) groups excluding carboxylic acids is 1. The van der Waals surface area contributed by atoms with Gasteiger partial charge in [-0.15, -0.1) is 24.0 Å². The van der Waals surface area contributed by atoms with E-state index in [1.807, 2.05) is 32.2 Å². The van der Waals surface area contributed by atoms with Crippen molar-refractivity contribution in [1.29, 1.82) is 0 Å². The largest absolute Gasteiger partial charge is 0.357 e. The Bertz CT molecular complexity index is 809. The van der Waals surface area contributed by atoms with Gasteiger partial charge in [-0.05, 0) is 37.5 Å². The number of pyridine rings is 1. The Hall–Kier alpha value is -2.16. The van der Waals surface area contributed by atoms with Crippen molar-refractivity contribution >= 4 is 35.8 Å². The predicted octanol–water partition coefficient (Wildman–Crippen LogP) is 2.99. The molecule has 7 heteroatoms. The van der Waals surface area contributed by atoms with Gasteiger partial charge >= 0.3 is 0 Å². The van der Waals surface area contributed by atoms with Crippen molar-refractivity contribution in [2.45, 2.75) is 31.6 Å². The lowest BCUT2D eigenvalue weighted by molar-refractivity contribution is -0.128. The number of nitrogens with zero attached hydrogens (tertiary/aromatic N) is 3. The van der Waals surface area contributed by atoms with E-state index in [4.69, 9.17) is 0 Å². The van der Waals surface area contributed by atoms with Crippen LogP contribution in [-0.2, 0) is 16.6 Å². The van der Waals surface area contributed by atoms with Crippen molar-refractivity contribution in [1.82, 2.24) is 20.5 Å². The number of carbonyl (C=O) groups is 1. The van der Waals surface area contributed by atoms with E-state index in [-0.39, 0.29) is 41.8 Å². The smallest absolute Gasteiger partial charge is 0.244 e. The van der Waals surface area contributed by atoms with Gasteiger partial charge in [0.25, 0.3) is 0 Å². The first-order chi connectivity index (χ1) is 14.1. The molecule has 3 rings (SSSR count). The number of rotatable bonds is 9. The third-order valence-electron chi connectivity index (χ3n) is 5.41. The Morgan fingerprint density at radius 2 is 1.87 bits per heavy atom. The monoisotopic (exact) mass is 521 g/mol. The van der Waals surface area contributed by atoms with Gasteiger partial charge in [0.2, 0.25) is 5.91 Å². The summed E-state index contributed by atoms with van der Waals surface area (Å²) in [5.74, 6) is 0.698. The molecule has 0 bridgehead atoms. The number of benzene rings is 1. The van der Waals surface area contributed by atoms with Crippen molar-refractivity contribution in [3.63, 3.8) is 0 Å². The Labute approximate surface area is 196 Å². The maximum absolute atomic E-state index is 12.5. The molecule has 1 aliphatic carbocycles. The Kier molecular flexibility index (Phi) is 9.55. The summed E-state index contributed by atoms with van der Waals surface area (Å²) in [6.07, 6.45) is 4.87. The van der Waals surface area contributed by atoms with Crippen molar-refractivity contribution in [2.75, 3.05) is 33.2 Å². The van der Waals surface area contributed by atoms with E-state index in [2.05, 4.69) is 50.9 Å². The summed E-state index contributed by atoms with van der Waals surface area (Å²) in [5.41, 5.74) is 2.55. The lowest BCUT2D eigenvalue weighted by Gasteiger charge is -2.20. The van der Waals surface area contributed by atoms with Crippen LogP contribution < -0.4 is 10.6 Å². The molecule has 0 radical (unpaired) electrons. The van der Waals surface area contributed by atoms with Crippen LogP contribution in [0.5, 0.6) is 0 Å². The number of hydrogen-bond donors (Lipinski definition) is 2. The molecule has 2 aromatic rings. The van der Waals surface area contributed by atoms with E-state index >= 15 is 0 Å². The summed E-state index contributed by atoms with van der Waals surface area (Å²) in [6, 6.07) is 16.5. The zero-order valence-electron chi connectivity index (χ0n) is 17.8. The molecule has 1 aromatic heterocycles. The number of amides is 1. The topological polar surface area (TPSA) is 69.6 Å². The summed E-state index contributed by atoms with van der Waals surface area (Å²) in [5, 5.41) is 6.68. The van der Waals surface area contributed by atoms with Crippen LogP contribution in [0.25, 0.3) is 0 Å². The highest BCUT2D eigenvalue weighted by Gasteiger charge is 2.44. The molecular formula is C23H32IN5O. The highest BCUT2D eigenvalue weighted by atomic mass is 127. The summed E-state index contributed by atoms with van der Waals surface area (Å²) >= 11 is 0. The van der Waals surface area contributed by atoms with Gasteiger partial charge in [0.15, 0.2) is 5.96 Å². The summed E-state index contributed by atoms with van der Waals surface area (Å²) in [4.78, 5) is 23.0. The molecule has 6 nitrogen and oxygen atoms in total. The molecule has 162 valence electrons. The average Bonchev–Trinajstić information content (AvgIpc) is 3.56. The van der Waals surface area contributed by atoms with Gasteiger partial charge in [-0.3, -0.25) is 9.78 Å². The van der Waals surface area contributed by atoms with E-state index in [9.17, 15) is 4.79 Å². The van der Waals surface area contributed by atoms with Crippen LogP contribution in [0.15, 0.2) is 59.7 Å². The van der Waals surface area contributed by atoms with Crippen LogP contribution in [0.1, 0.15) is 31.0 Å². The van der Waals surface area contributed by atoms with Crippen molar-refractivity contribution in [3.05, 3.63) is 66.0 Å².